The minimum absolute atomic E-state index is 0.0536. The number of rotatable bonds is 6. The molecule has 0 saturated heterocycles. The molecule has 2 aromatic carbocycles. The Labute approximate surface area is 164 Å². The minimum Gasteiger partial charge on any atom is -0.369 e. The van der Waals surface area contributed by atoms with Crippen LogP contribution in [0.15, 0.2) is 54.6 Å². The molecule has 24 heavy (non-hydrogen) atoms. The molecule has 0 saturated carbocycles. The second-order valence-corrected chi connectivity index (χ2v) is 7.56. The predicted molar refractivity (Wildman–Crippen MR) is 116 cm³/mol. The zero-order chi connectivity index (χ0) is 17.5. The fourth-order valence-corrected chi connectivity index (χ4v) is 2.85. The van der Waals surface area contributed by atoms with Gasteiger partial charge in [0.05, 0.1) is 12.1 Å². The Morgan fingerprint density at radius 3 is 1.96 bits per heavy atom. The maximum Gasteiger partial charge on any atom is 0.131 e. The quantitative estimate of drug-likeness (QED) is 0.385. The van der Waals surface area contributed by atoms with Crippen molar-refractivity contribution in [1.29, 1.82) is 0 Å². The molecule has 0 fully saturated rings. The molecule has 0 radical (unpaired) electrons. The van der Waals surface area contributed by atoms with Gasteiger partial charge in [0.2, 0.25) is 0 Å². The van der Waals surface area contributed by atoms with Crippen molar-refractivity contribution in [3.8, 4) is 0 Å². The van der Waals surface area contributed by atoms with Crippen LogP contribution in [0.25, 0.3) is 0 Å². The maximum atomic E-state index is 6.33. The van der Waals surface area contributed by atoms with Gasteiger partial charge in [0, 0.05) is 6.54 Å². The number of thiocarbonyl (C=S) groups is 2. The van der Waals surface area contributed by atoms with Gasteiger partial charge in [0.25, 0.3) is 0 Å². The van der Waals surface area contributed by atoms with Gasteiger partial charge in [0.15, 0.2) is 0 Å². The largest absolute Gasteiger partial charge is 0.369 e. The van der Waals surface area contributed by atoms with Gasteiger partial charge in [-0.3, -0.25) is 0 Å². The predicted octanol–water partition coefficient (Wildman–Crippen LogP) is 3.38. The van der Waals surface area contributed by atoms with Gasteiger partial charge in [-0.2, -0.15) is 0 Å². The summed E-state index contributed by atoms with van der Waals surface area (Å²) in [4.78, 5) is 0. The van der Waals surface area contributed by atoms with Gasteiger partial charge in [0.1, 0.15) is 8.64 Å². The van der Waals surface area contributed by atoms with E-state index in [1.807, 2.05) is 54.6 Å². The molecule has 0 aliphatic rings. The summed E-state index contributed by atoms with van der Waals surface area (Å²) in [6.45, 7) is 0.563. The van der Waals surface area contributed by atoms with Gasteiger partial charge in [-0.05, 0) is 16.7 Å². The summed E-state index contributed by atoms with van der Waals surface area (Å²) >= 11 is 18.2. The summed E-state index contributed by atoms with van der Waals surface area (Å²) in [6.07, 6.45) is 0. The smallest absolute Gasteiger partial charge is 0.131 e. The molecule has 2 aromatic rings. The fraction of sp³-hybridized carbons (Fsp3) is 0.176. The first-order chi connectivity index (χ1) is 11.5. The molecule has 0 heterocycles. The Kier molecular flexibility index (Phi) is 7.51. The zero-order valence-corrected chi connectivity index (χ0v) is 16.3. The van der Waals surface area contributed by atoms with Crippen LogP contribution < -0.4 is 16.4 Å². The van der Waals surface area contributed by atoms with Crippen LogP contribution in [-0.2, 0) is 0 Å². The van der Waals surface area contributed by atoms with Crippen molar-refractivity contribution in [3.05, 3.63) is 71.3 Å². The third-order valence-electron chi connectivity index (χ3n) is 3.61. The molecule has 2 unspecified atom stereocenters. The molecule has 7 heteroatoms. The van der Waals surface area contributed by atoms with E-state index in [9.17, 15) is 0 Å². The van der Waals surface area contributed by atoms with Gasteiger partial charge in [-0.15, -0.1) is 25.3 Å². The summed E-state index contributed by atoms with van der Waals surface area (Å²) in [5.74, 6) is 0. The van der Waals surface area contributed by atoms with Crippen molar-refractivity contribution < 1.29 is 0 Å². The molecule has 126 valence electrons. The van der Waals surface area contributed by atoms with E-state index in [0.717, 1.165) is 16.7 Å². The Bertz CT molecular complexity index is 689. The lowest BCUT2D eigenvalue weighted by Crippen LogP contribution is -2.34. The molecule has 2 atom stereocenters. The molecule has 2 rings (SSSR count). The lowest BCUT2D eigenvalue weighted by molar-refractivity contribution is 0.637. The Morgan fingerprint density at radius 2 is 1.42 bits per heavy atom. The highest BCUT2D eigenvalue weighted by molar-refractivity contribution is 8.11. The Hall–Kier alpha value is -1.12. The molecule has 0 spiro atoms. The summed E-state index contributed by atoms with van der Waals surface area (Å²) in [6, 6.07) is 17.9. The third kappa shape index (κ3) is 5.75. The van der Waals surface area contributed by atoms with Crippen LogP contribution in [0.5, 0.6) is 0 Å². The second kappa shape index (κ2) is 9.39. The normalized spacial score (nSPS) is 13.0. The van der Waals surface area contributed by atoms with Crippen molar-refractivity contribution in [2.24, 2.45) is 5.73 Å². The molecule has 0 amide bonds. The van der Waals surface area contributed by atoms with Crippen molar-refractivity contribution in [1.82, 2.24) is 10.6 Å². The van der Waals surface area contributed by atoms with Crippen LogP contribution in [0.2, 0.25) is 0 Å². The molecule has 4 N–H and O–H groups in total. The van der Waals surface area contributed by atoms with Crippen LogP contribution in [0.1, 0.15) is 28.8 Å². The number of thiol groups is 2. The van der Waals surface area contributed by atoms with Crippen LogP contribution in [-0.4, -0.2) is 15.2 Å². The Morgan fingerprint density at radius 1 is 0.875 bits per heavy atom. The van der Waals surface area contributed by atoms with Gasteiger partial charge < -0.3 is 16.4 Å². The number of hydrogen-bond donors (Lipinski definition) is 5. The van der Waals surface area contributed by atoms with Crippen molar-refractivity contribution in [2.75, 3.05) is 6.54 Å². The second-order valence-electron chi connectivity index (χ2n) is 5.24. The Balaban J connectivity index is 2.15. The number of benzene rings is 2. The highest BCUT2D eigenvalue weighted by atomic mass is 32.1. The molecule has 0 bridgehead atoms. The first-order valence-electron chi connectivity index (χ1n) is 7.34. The number of hydrogen-bond acceptors (Lipinski definition) is 3. The van der Waals surface area contributed by atoms with E-state index in [0.29, 0.717) is 15.2 Å². The third-order valence-corrected chi connectivity index (χ3v) is 4.16. The van der Waals surface area contributed by atoms with Crippen LogP contribution in [0.3, 0.4) is 0 Å². The monoisotopic (exact) mass is 393 g/mol. The average molecular weight is 394 g/mol. The van der Waals surface area contributed by atoms with Gasteiger partial charge in [-0.25, -0.2) is 0 Å². The van der Waals surface area contributed by atoms with Gasteiger partial charge in [-0.1, -0.05) is 79.0 Å². The summed E-state index contributed by atoms with van der Waals surface area (Å²) in [7, 11) is 0. The van der Waals surface area contributed by atoms with Crippen molar-refractivity contribution >= 4 is 58.3 Å². The first-order valence-corrected chi connectivity index (χ1v) is 9.05. The van der Waals surface area contributed by atoms with E-state index >= 15 is 0 Å². The highest BCUT2D eigenvalue weighted by Crippen LogP contribution is 2.22. The van der Waals surface area contributed by atoms with Crippen molar-refractivity contribution in [2.45, 2.75) is 12.1 Å². The molecular weight excluding hydrogens is 374 g/mol. The SMILES string of the molecule is NC(c1ccccc1)c1ccc(C(CNC(=S)S)NC(=S)S)cc1. The molecule has 0 aliphatic carbocycles. The highest BCUT2D eigenvalue weighted by Gasteiger charge is 2.14. The molecule has 3 nitrogen and oxygen atoms in total. The number of nitrogens with one attached hydrogen (secondary N) is 2. The topological polar surface area (TPSA) is 50.1 Å². The van der Waals surface area contributed by atoms with Gasteiger partial charge >= 0.3 is 0 Å². The lowest BCUT2D eigenvalue weighted by Gasteiger charge is -2.21. The van der Waals surface area contributed by atoms with Crippen LogP contribution >= 0.6 is 49.7 Å². The number of nitrogens with two attached hydrogens (primary N) is 1. The van der Waals surface area contributed by atoms with Crippen molar-refractivity contribution in [3.63, 3.8) is 0 Å². The first kappa shape index (κ1) is 19.2. The maximum absolute atomic E-state index is 6.33. The molecule has 0 aliphatic heterocycles. The van der Waals surface area contributed by atoms with Crippen LogP contribution in [0, 0.1) is 0 Å². The van der Waals surface area contributed by atoms with E-state index in [1.54, 1.807) is 0 Å². The van der Waals surface area contributed by atoms with E-state index in [2.05, 4.69) is 35.9 Å². The zero-order valence-electron chi connectivity index (χ0n) is 12.8. The standard InChI is InChI=1S/C17H19N3S4/c18-15(12-4-2-1-3-5-12)13-8-6-11(7-9-13)14(20-17(23)24)10-19-16(21)22/h1-9,14-15H,10,18H2,(H2,19,21,22)(H2,20,23,24). The van der Waals surface area contributed by atoms with E-state index < -0.39 is 0 Å². The lowest BCUT2D eigenvalue weighted by atomic mass is 9.97. The molecular formula is C17H19N3S4. The fourth-order valence-electron chi connectivity index (χ4n) is 2.38. The minimum atomic E-state index is -0.152. The average Bonchev–Trinajstić information content (AvgIpc) is 2.58. The van der Waals surface area contributed by atoms with E-state index in [4.69, 9.17) is 30.2 Å². The molecule has 0 aromatic heterocycles. The van der Waals surface area contributed by atoms with E-state index in [-0.39, 0.29) is 12.1 Å². The summed E-state index contributed by atoms with van der Waals surface area (Å²) in [5, 5.41) is 6.17. The summed E-state index contributed by atoms with van der Waals surface area (Å²) < 4.78 is 0.867. The summed E-state index contributed by atoms with van der Waals surface area (Å²) in [5.41, 5.74) is 9.53. The van der Waals surface area contributed by atoms with E-state index in [1.165, 1.54) is 0 Å². The van der Waals surface area contributed by atoms with Crippen LogP contribution in [0.4, 0.5) is 0 Å².